The summed E-state index contributed by atoms with van der Waals surface area (Å²) in [6.45, 7) is 7.54. The summed E-state index contributed by atoms with van der Waals surface area (Å²) in [5, 5.41) is 6.42. The molecule has 0 atom stereocenters. The number of rotatable bonds is 9. The molecule has 2 heterocycles. The SMILES string of the molecule is C=CC(=O)Nc1cccc(-c2cccc3cnc(Nc4cc(F)cc(N5CCN(CCOC)CC5)c4F)nc23)c1. The van der Waals surface area contributed by atoms with E-state index in [0.717, 1.165) is 42.2 Å². The first-order valence-corrected chi connectivity index (χ1v) is 13.0. The Kier molecular flexibility index (Phi) is 8.28. The maximum absolute atomic E-state index is 15.7. The number of para-hydroxylation sites is 1. The molecule has 1 saturated heterocycles. The Labute approximate surface area is 231 Å². The van der Waals surface area contributed by atoms with Gasteiger partial charge in [-0.2, -0.15) is 0 Å². The number of amides is 1. The van der Waals surface area contributed by atoms with Gasteiger partial charge in [0.1, 0.15) is 5.82 Å². The van der Waals surface area contributed by atoms with Crippen LogP contribution in [0.5, 0.6) is 0 Å². The third-order valence-corrected chi connectivity index (χ3v) is 6.83. The highest BCUT2D eigenvalue weighted by Gasteiger charge is 2.22. The zero-order chi connectivity index (χ0) is 28.1. The average molecular weight is 545 g/mol. The number of hydrogen-bond acceptors (Lipinski definition) is 7. The molecule has 1 fully saturated rings. The van der Waals surface area contributed by atoms with Crippen molar-refractivity contribution in [3.63, 3.8) is 0 Å². The van der Waals surface area contributed by atoms with Gasteiger partial charge in [-0.3, -0.25) is 9.69 Å². The number of carbonyl (C=O) groups is 1. The van der Waals surface area contributed by atoms with Crippen LogP contribution in [0.2, 0.25) is 0 Å². The van der Waals surface area contributed by atoms with Crippen molar-refractivity contribution in [2.45, 2.75) is 0 Å². The van der Waals surface area contributed by atoms with Gasteiger partial charge in [-0.1, -0.05) is 36.9 Å². The monoisotopic (exact) mass is 544 g/mol. The summed E-state index contributed by atoms with van der Waals surface area (Å²) >= 11 is 0. The van der Waals surface area contributed by atoms with Crippen molar-refractivity contribution in [2.24, 2.45) is 0 Å². The van der Waals surface area contributed by atoms with Gasteiger partial charge in [0.2, 0.25) is 11.9 Å². The maximum Gasteiger partial charge on any atom is 0.247 e. The van der Waals surface area contributed by atoms with Gasteiger partial charge in [-0.05, 0) is 23.8 Å². The average Bonchev–Trinajstić information content (AvgIpc) is 2.97. The Morgan fingerprint density at radius 3 is 2.67 bits per heavy atom. The molecule has 1 amide bonds. The summed E-state index contributed by atoms with van der Waals surface area (Å²) in [4.78, 5) is 24.9. The molecule has 3 aromatic carbocycles. The van der Waals surface area contributed by atoms with E-state index in [1.165, 1.54) is 12.1 Å². The number of benzene rings is 3. The topological polar surface area (TPSA) is 82.6 Å². The minimum Gasteiger partial charge on any atom is -0.383 e. The first-order chi connectivity index (χ1) is 19.4. The first kappa shape index (κ1) is 27.2. The van der Waals surface area contributed by atoms with Crippen molar-refractivity contribution in [3.8, 4) is 11.1 Å². The third kappa shape index (κ3) is 6.08. The van der Waals surface area contributed by atoms with Gasteiger partial charge in [0, 0.05) is 74.8 Å². The predicted molar refractivity (Wildman–Crippen MR) is 154 cm³/mol. The van der Waals surface area contributed by atoms with Gasteiger partial charge in [0.25, 0.3) is 0 Å². The minimum absolute atomic E-state index is 0.0391. The Balaban J connectivity index is 1.42. The van der Waals surface area contributed by atoms with Crippen LogP contribution in [0, 0.1) is 11.6 Å². The Morgan fingerprint density at radius 2 is 1.90 bits per heavy atom. The van der Waals surface area contributed by atoms with Crippen LogP contribution in [-0.2, 0) is 9.53 Å². The highest BCUT2D eigenvalue weighted by molar-refractivity contribution is 6.00. The van der Waals surface area contributed by atoms with Gasteiger partial charge in [-0.15, -0.1) is 0 Å². The highest BCUT2D eigenvalue weighted by atomic mass is 19.1. The number of anilines is 4. The molecule has 1 aromatic heterocycles. The van der Waals surface area contributed by atoms with Crippen molar-refractivity contribution < 1.29 is 18.3 Å². The summed E-state index contributed by atoms with van der Waals surface area (Å²) in [5.41, 5.74) is 3.01. The zero-order valence-electron chi connectivity index (χ0n) is 22.2. The molecule has 4 aromatic rings. The van der Waals surface area contributed by atoms with Crippen molar-refractivity contribution in [1.29, 1.82) is 0 Å². The first-order valence-electron chi connectivity index (χ1n) is 13.0. The third-order valence-electron chi connectivity index (χ3n) is 6.83. The van der Waals surface area contributed by atoms with Crippen LogP contribution in [0.3, 0.4) is 0 Å². The van der Waals surface area contributed by atoms with Crippen molar-refractivity contribution in [2.75, 3.05) is 62.0 Å². The number of piperazine rings is 1. The van der Waals surface area contributed by atoms with E-state index in [1.54, 1.807) is 19.4 Å². The number of aromatic nitrogens is 2. The second kappa shape index (κ2) is 12.2. The maximum atomic E-state index is 15.7. The Morgan fingerprint density at radius 1 is 1.10 bits per heavy atom. The quantitative estimate of drug-likeness (QED) is 0.280. The summed E-state index contributed by atoms with van der Waals surface area (Å²) in [6, 6.07) is 15.3. The van der Waals surface area contributed by atoms with Gasteiger partial charge >= 0.3 is 0 Å². The normalized spacial score (nSPS) is 13.8. The molecule has 8 nitrogen and oxygen atoms in total. The Hall–Kier alpha value is -4.41. The van der Waals surface area contributed by atoms with Crippen LogP contribution in [0.1, 0.15) is 0 Å². The van der Waals surface area contributed by atoms with E-state index < -0.39 is 11.6 Å². The van der Waals surface area contributed by atoms with Crippen LogP contribution >= 0.6 is 0 Å². The van der Waals surface area contributed by atoms with Crippen LogP contribution in [-0.4, -0.2) is 67.2 Å². The summed E-state index contributed by atoms with van der Waals surface area (Å²) < 4.78 is 35.5. The largest absolute Gasteiger partial charge is 0.383 e. The second-order valence-electron chi connectivity index (χ2n) is 9.44. The molecule has 0 unspecified atom stereocenters. The fraction of sp³-hybridized carbons (Fsp3) is 0.233. The predicted octanol–water partition coefficient (Wildman–Crippen LogP) is 5.21. The van der Waals surface area contributed by atoms with Crippen LogP contribution < -0.4 is 15.5 Å². The number of nitrogens with zero attached hydrogens (tertiary/aromatic N) is 4. The van der Waals surface area contributed by atoms with E-state index in [4.69, 9.17) is 4.74 Å². The molecule has 0 saturated carbocycles. The van der Waals surface area contributed by atoms with Crippen molar-refractivity contribution in [1.82, 2.24) is 14.9 Å². The number of fused-ring (bicyclic) bond motifs is 1. The lowest BCUT2D eigenvalue weighted by molar-refractivity contribution is -0.111. The van der Waals surface area contributed by atoms with E-state index >= 15 is 4.39 Å². The van der Waals surface area contributed by atoms with Gasteiger partial charge in [0.15, 0.2) is 5.82 Å². The molecule has 1 aliphatic heterocycles. The number of carbonyl (C=O) groups excluding carboxylic acids is 1. The van der Waals surface area contributed by atoms with Crippen molar-refractivity contribution >= 4 is 39.8 Å². The van der Waals surface area contributed by atoms with E-state index in [0.29, 0.717) is 30.9 Å². The van der Waals surface area contributed by atoms with Crippen LogP contribution in [0.25, 0.3) is 22.0 Å². The lowest BCUT2D eigenvalue weighted by Gasteiger charge is -2.36. The molecule has 0 spiro atoms. The fourth-order valence-electron chi connectivity index (χ4n) is 4.76. The zero-order valence-corrected chi connectivity index (χ0v) is 22.2. The van der Waals surface area contributed by atoms with Gasteiger partial charge in [0.05, 0.1) is 23.5 Å². The van der Waals surface area contributed by atoms with Crippen LogP contribution in [0.4, 0.5) is 31.8 Å². The molecule has 40 heavy (non-hydrogen) atoms. The number of ether oxygens (including phenoxy) is 1. The lowest BCUT2D eigenvalue weighted by Crippen LogP contribution is -2.47. The molecule has 5 rings (SSSR count). The molecular formula is C30H30F2N6O2. The van der Waals surface area contributed by atoms with Gasteiger partial charge < -0.3 is 20.3 Å². The van der Waals surface area contributed by atoms with Crippen molar-refractivity contribution in [3.05, 3.63) is 85.1 Å². The Bertz CT molecular complexity index is 1540. The standard InChI is InChI=1S/C30H30F2N6O2/c1-3-27(39)34-23-8-4-6-20(16-23)24-9-5-7-21-19-33-30(36-29(21)24)35-25-17-22(31)18-26(28(25)32)38-12-10-37(11-13-38)14-15-40-2/h3-9,16-19H,1,10-15H2,2H3,(H,34,39)(H,33,35,36). The highest BCUT2D eigenvalue weighted by Crippen LogP contribution is 2.32. The van der Waals surface area contributed by atoms with Crippen LogP contribution in [0.15, 0.2) is 73.4 Å². The second-order valence-corrected chi connectivity index (χ2v) is 9.44. The summed E-state index contributed by atoms with van der Waals surface area (Å²) in [6.07, 6.45) is 2.84. The van der Waals surface area contributed by atoms with Gasteiger partial charge in [-0.25, -0.2) is 18.7 Å². The molecule has 0 aliphatic carbocycles. The number of nitrogens with one attached hydrogen (secondary N) is 2. The molecule has 10 heteroatoms. The summed E-state index contributed by atoms with van der Waals surface area (Å²) in [7, 11) is 1.66. The molecular weight excluding hydrogens is 514 g/mol. The molecule has 0 bridgehead atoms. The molecule has 2 N–H and O–H groups in total. The number of hydrogen-bond donors (Lipinski definition) is 2. The summed E-state index contributed by atoms with van der Waals surface area (Å²) in [5.74, 6) is -1.29. The fourth-order valence-corrected chi connectivity index (χ4v) is 4.76. The molecule has 206 valence electrons. The van der Waals surface area contributed by atoms with E-state index in [9.17, 15) is 9.18 Å². The van der Waals surface area contributed by atoms with E-state index in [2.05, 4.69) is 32.1 Å². The smallest absolute Gasteiger partial charge is 0.247 e. The molecule has 0 radical (unpaired) electrons. The number of methoxy groups -OCH3 is 1. The molecule has 1 aliphatic rings. The number of halogens is 2. The van der Waals surface area contributed by atoms with E-state index in [1.807, 2.05) is 41.3 Å². The lowest BCUT2D eigenvalue weighted by atomic mass is 10.0. The van der Waals surface area contributed by atoms with E-state index in [-0.39, 0.29) is 23.2 Å². The minimum atomic E-state index is -0.561.